The van der Waals surface area contributed by atoms with Crippen molar-refractivity contribution < 1.29 is 19.8 Å². The van der Waals surface area contributed by atoms with Crippen molar-refractivity contribution >= 4 is 17.4 Å². The van der Waals surface area contributed by atoms with Crippen LogP contribution in [-0.4, -0.2) is 51.2 Å². The van der Waals surface area contributed by atoms with E-state index in [4.69, 9.17) is 0 Å². The summed E-state index contributed by atoms with van der Waals surface area (Å²) in [6, 6.07) is 13.3. The van der Waals surface area contributed by atoms with Crippen LogP contribution >= 0.6 is 0 Å². The maximum atomic E-state index is 12.5. The van der Waals surface area contributed by atoms with Crippen LogP contribution in [0.1, 0.15) is 35.2 Å². The van der Waals surface area contributed by atoms with E-state index in [0.717, 1.165) is 28.7 Å². The number of allylic oxidation sites excluding steroid dienone is 4. The van der Waals surface area contributed by atoms with Gasteiger partial charge < -0.3 is 20.4 Å². The molecule has 0 fully saturated rings. The summed E-state index contributed by atoms with van der Waals surface area (Å²) >= 11 is 0. The van der Waals surface area contributed by atoms with Crippen LogP contribution in [0.25, 0.3) is 5.57 Å². The Morgan fingerprint density at radius 1 is 1.21 bits per heavy atom. The van der Waals surface area contributed by atoms with Crippen molar-refractivity contribution in [3.63, 3.8) is 0 Å². The number of aromatic nitrogens is 1. The first kappa shape index (κ1) is 24.8. The number of amides is 2. The normalized spacial score (nSPS) is 14.8. The molecule has 0 saturated carbocycles. The highest BCUT2D eigenvalue weighted by molar-refractivity contribution is 5.90. The number of likely N-dealkylation sites (N-methyl/N-ethyl adjacent to an activating group) is 1. The Balaban J connectivity index is 1.55. The van der Waals surface area contributed by atoms with E-state index in [0.29, 0.717) is 17.7 Å². The molecule has 0 saturated heterocycles. The lowest BCUT2D eigenvalue weighted by atomic mass is 9.94. The van der Waals surface area contributed by atoms with Gasteiger partial charge in [-0.3, -0.25) is 14.6 Å². The lowest BCUT2D eigenvalue weighted by Crippen LogP contribution is -2.49. The van der Waals surface area contributed by atoms with Crippen LogP contribution in [0.3, 0.4) is 0 Å². The summed E-state index contributed by atoms with van der Waals surface area (Å²) < 4.78 is 0. The van der Waals surface area contributed by atoms with Crippen LogP contribution in [0.2, 0.25) is 0 Å². The second-order valence-corrected chi connectivity index (χ2v) is 8.21. The molecular weight excluding hydrogens is 432 g/mol. The van der Waals surface area contributed by atoms with Gasteiger partial charge in [0.2, 0.25) is 0 Å². The molecule has 1 heterocycles. The van der Waals surface area contributed by atoms with Crippen molar-refractivity contribution in [1.29, 1.82) is 5.26 Å². The predicted molar refractivity (Wildman–Crippen MR) is 127 cm³/mol. The molecule has 8 heteroatoms. The molecule has 1 aliphatic carbocycles. The summed E-state index contributed by atoms with van der Waals surface area (Å²) in [5.41, 5.74) is 4.78. The molecule has 0 radical (unpaired) electrons. The van der Waals surface area contributed by atoms with Gasteiger partial charge in [0.05, 0.1) is 18.3 Å². The topological polar surface area (TPSA) is 127 Å². The number of nitrogens with one attached hydrogen (secondary N) is 1. The maximum Gasteiger partial charge on any atom is 0.254 e. The Hall–Kier alpha value is -3.80. The molecule has 2 aromatic rings. The molecule has 1 aromatic carbocycles. The zero-order chi connectivity index (χ0) is 24.7. The number of aliphatic hydroxyl groups is 2. The van der Waals surface area contributed by atoms with Crippen LogP contribution in [0.4, 0.5) is 0 Å². The van der Waals surface area contributed by atoms with Crippen LogP contribution in [0.5, 0.6) is 0 Å². The van der Waals surface area contributed by atoms with E-state index in [1.54, 1.807) is 12.3 Å². The molecule has 3 rings (SSSR count). The highest BCUT2D eigenvalue weighted by Crippen LogP contribution is 2.26. The van der Waals surface area contributed by atoms with E-state index in [1.807, 2.05) is 49.4 Å². The SMILES string of the molecule is Cc1ccccc1CN(C)C(=O)C(O)C(O)C(=O)NCc1ccc(C2=C(C#N)CCC=C2)cn1. The number of hydrogen-bond acceptors (Lipinski definition) is 6. The Kier molecular flexibility index (Phi) is 8.30. The van der Waals surface area contributed by atoms with Gasteiger partial charge in [0.15, 0.2) is 12.2 Å². The van der Waals surface area contributed by atoms with Gasteiger partial charge >= 0.3 is 0 Å². The standard InChI is InChI=1S/C26H28N4O4/c1-17-7-3-4-9-20(17)16-30(2)26(34)24(32)23(31)25(33)29-15-21-12-11-19(14-28-21)22-10-6-5-8-18(22)13-27/h3-4,6-7,9-12,14,23-24,31-32H,5,8,15-16H2,1-2H3,(H,29,33). The summed E-state index contributed by atoms with van der Waals surface area (Å²) in [5.74, 6) is -1.63. The minimum Gasteiger partial charge on any atom is -0.380 e. The predicted octanol–water partition coefficient (Wildman–Crippen LogP) is 2.01. The van der Waals surface area contributed by atoms with Gasteiger partial charge in [-0.2, -0.15) is 5.26 Å². The molecule has 8 nitrogen and oxygen atoms in total. The van der Waals surface area contributed by atoms with Gasteiger partial charge in [-0.1, -0.05) is 42.5 Å². The van der Waals surface area contributed by atoms with E-state index in [9.17, 15) is 25.1 Å². The number of benzene rings is 1. The van der Waals surface area contributed by atoms with Gasteiger partial charge in [0, 0.05) is 30.9 Å². The fraction of sp³-hybridized carbons (Fsp3) is 0.308. The third-order valence-electron chi connectivity index (χ3n) is 5.75. The molecule has 3 N–H and O–H groups in total. The highest BCUT2D eigenvalue weighted by Gasteiger charge is 2.32. The Morgan fingerprint density at radius 2 is 1.97 bits per heavy atom. The molecule has 0 aliphatic heterocycles. The summed E-state index contributed by atoms with van der Waals surface area (Å²) in [5, 5.41) is 32.2. The zero-order valence-electron chi connectivity index (χ0n) is 19.2. The number of nitrogens with zero attached hydrogens (tertiary/aromatic N) is 3. The molecule has 2 unspecified atom stereocenters. The third-order valence-corrected chi connectivity index (χ3v) is 5.75. The van der Waals surface area contributed by atoms with Crippen LogP contribution in [-0.2, 0) is 22.7 Å². The van der Waals surface area contributed by atoms with Gasteiger partial charge in [0.1, 0.15) is 0 Å². The van der Waals surface area contributed by atoms with Crippen molar-refractivity contribution in [3.05, 3.63) is 82.7 Å². The smallest absolute Gasteiger partial charge is 0.254 e. The average Bonchev–Trinajstić information content (AvgIpc) is 2.87. The van der Waals surface area contributed by atoms with Crippen molar-refractivity contribution in [2.45, 2.75) is 45.1 Å². The zero-order valence-corrected chi connectivity index (χ0v) is 19.2. The minimum atomic E-state index is -1.91. The van der Waals surface area contributed by atoms with E-state index < -0.39 is 24.0 Å². The first-order valence-corrected chi connectivity index (χ1v) is 11.0. The summed E-state index contributed by atoms with van der Waals surface area (Å²) in [6.45, 7) is 2.17. The first-order chi connectivity index (χ1) is 16.3. The van der Waals surface area contributed by atoms with Gasteiger partial charge in [-0.15, -0.1) is 0 Å². The summed E-state index contributed by atoms with van der Waals surface area (Å²) in [4.78, 5) is 30.4. The van der Waals surface area contributed by atoms with E-state index in [-0.39, 0.29) is 13.1 Å². The van der Waals surface area contributed by atoms with E-state index in [2.05, 4.69) is 16.4 Å². The number of aryl methyl sites for hydroxylation is 1. The summed E-state index contributed by atoms with van der Waals surface area (Å²) in [7, 11) is 1.50. The van der Waals surface area contributed by atoms with Gasteiger partial charge in [-0.05, 0) is 42.5 Å². The lowest BCUT2D eigenvalue weighted by Gasteiger charge is -2.24. The second kappa shape index (κ2) is 11.4. The third kappa shape index (κ3) is 5.95. The van der Waals surface area contributed by atoms with Crippen molar-refractivity contribution in [3.8, 4) is 6.07 Å². The van der Waals surface area contributed by atoms with Crippen LogP contribution < -0.4 is 5.32 Å². The first-order valence-electron chi connectivity index (χ1n) is 11.0. The lowest BCUT2D eigenvalue weighted by molar-refractivity contribution is -0.152. The van der Waals surface area contributed by atoms with Crippen LogP contribution in [0.15, 0.2) is 60.3 Å². The number of carbonyl (C=O) groups is 2. The molecule has 2 amide bonds. The Bertz CT molecular complexity index is 1150. The van der Waals surface area contributed by atoms with Gasteiger partial charge in [0.25, 0.3) is 11.8 Å². The fourth-order valence-electron chi connectivity index (χ4n) is 3.65. The fourth-order valence-corrected chi connectivity index (χ4v) is 3.65. The number of rotatable bonds is 8. The van der Waals surface area contributed by atoms with Crippen molar-refractivity contribution in [2.24, 2.45) is 0 Å². The highest BCUT2D eigenvalue weighted by atomic mass is 16.3. The molecular formula is C26H28N4O4. The molecule has 2 atom stereocenters. The Morgan fingerprint density at radius 3 is 2.65 bits per heavy atom. The number of nitriles is 1. The van der Waals surface area contributed by atoms with Crippen molar-refractivity contribution in [2.75, 3.05) is 7.05 Å². The molecule has 34 heavy (non-hydrogen) atoms. The quantitative estimate of drug-likeness (QED) is 0.553. The number of hydrogen-bond donors (Lipinski definition) is 3. The number of aliphatic hydroxyl groups excluding tert-OH is 2. The van der Waals surface area contributed by atoms with Crippen LogP contribution in [0, 0.1) is 18.3 Å². The number of pyridine rings is 1. The second-order valence-electron chi connectivity index (χ2n) is 8.21. The average molecular weight is 461 g/mol. The van der Waals surface area contributed by atoms with Crippen molar-refractivity contribution in [1.82, 2.24) is 15.2 Å². The Labute approximate surface area is 198 Å². The minimum absolute atomic E-state index is 0.0100. The molecule has 0 bridgehead atoms. The van der Waals surface area contributed by atoms with E-state index >= 15 is 0 Å². The summed E-state index contributed by atoms with van der Waals surface area (Å²) in [6.07, 6.45) is 3.27. The molecule has 1 aromatic heterocycles. The van der Waals surface area contributed by atoms with Gasteiger partial charge in [-0.25, -0.2) is 0 Å². The monoisotopic (exact) mass is 460 g/mol. The largest absolute Gasteiger partial charge is 0.380 e. The van der Waals surface area contributed by atoms with E-state index in [1.165, 1.54) is 11.9 Å². The number of carbonyl (C=O) groups excluding carboxylic acids is 2. The molecule has 176 valence electrons. The molecule has 1 aliphatic rings. The molecule has 0 spiro atoms. The maximum absolute atomic E-state index is 12.5.